The van der Waals surface area contributed by atoms with Crippen molar-refractivity contribution in [1.29, 1.82) is 0 Å². The number of anilines is 1. The van der Waals surface area contributed by atoms with Gasteiger partial charge in [0.2, 0.25) is 10.0 Å². The number of halogens is 1. The summed E-state index contributed by atoms with van der Waals surface area (Å²) in [6.45, 7) is 1.56. The smallest absolute Gasteiger partial charge is 0.255 e. The number of rotatable bonds is 7. The molecule has 4 aromatic carbocycles. The van der Waals surface area contributed by atoms with Gasteiger partial charge < -0.3 is 14.7 Å². The first-order valence-electron chi connectivity index (χ1n) is 13.0. The van der Waals surface area contributed by atoms with Gasteiger partial charge in [-0.25, -0.2) is 12.8 Å². The molecule has 0 atom stereocenters. The Balaban J connectivity index is 1.62. The lowest BCUT2D eigenvalue weighted by molar-refractivity contribution is 0.0964. The van der Waals surface area contributed by atoms with E-state index in [2.05, 4.69) is 15.0 Å². The van der Waals surface area contributed by atoms with Crippen LogP contribution >= 0.6 is 0 Å². The summed E-state index contributed by atoms with van der Waals surface area (Å²) in [6.07, 6.45) is 1.95. The highest BCUT2D eigenvalue weighted by molar-refractivity contribution is 7.92. The molecule has 3 N–H and O–H groups in total. The quantitative estimate of drug-likeness (QED) is 0.190. The van der Waals surface area contributed by atoms with E-state index in [-0.39, 0.29) is 23.0 Å². The molecule has 0 fully saturated rings. The zero-order valence-electron chi connectivity index (χ0n) is 22.3. The number of carbonyl (C=O) groups excluding carboxylic acids is 1. The average Bonchev–Trinajstić information content (AvgIpc) is 3.58. The third-order valence-electron chi connectivity index (χ3n) is 7.11. The van der Waals surface area contributed by atoms with Gasteiger partial charge in [-0.3, -0.25) is 9.52 Å². The van der Waals surface area contributed by atoms with Crippen molar-refractivity contribution >= 4 is 43.5 Å². The number of aromatic nitrogens is 1. The summed E-state index contributed by atoms with van der Waals surface area (Å²) in [4.78, 5) is 16.4. The number of furan rings is 1. The van der Waals surface area contributed by atoms with Crippen molar-refractivity contribution < 1.29 is 22.0 Å². The summed E-state index contributed by atoms with van der Waals surface area (Å²) >= 11 is 0. The van der Waals surface area contributed by atoms with Gasteiger partial charge in [0, 0.05) is 52.3 Å². The fraction of sp³-hybridized carbons (Fsp3) is 0.0938. The van der Waals surface area contributed by atoms with Gasteiger partial charge in [-0.1, -0.05) is 36.4 Å². The molecule has 6 rings (SSSR count). The number of H-pyrrole nitrogens is 1. The van der Waals surface area contributed by atoms with Gasteiger partial charge in [-0.15, -0.1) is 0 Å². The van der Waals surface area contributed by atoms with Gasteiger partial charge in [0.05, 0.1) is 17.0 Å². The number of benzene rings is 4. The Morgan fingerprint density at radius 3 is 2.32 bits per heavy atom. The van der Waals surface area contributed by atoms with Gasteiger partial charge in [0.25, 0.3) is 5.91 Å². The first kappa shape index (κ1) is 26.3. The van der Waals surface area contributed by atoms with Crippen LogP contribution in [0.4, 0.5) is 10.1 Å². The molecule has 0 saturated carbocycles. The number of fused-ring (bicyclic) bond motifs is 2. The molecule has 0 spiro atoms. The highest BCUT2D eigenvalue weighted by Crippen LogP contribution is 2.41. The van der Waals surface area contributed by atoms with Crippen molar-refractivity contribution in [3.8, 4) is 33.6 Å². The zero-order chi connectivity index (χ0) is 28.7. The molecular formula is C32H26FN3O4S. The van der Waals surface area contributed by atoms with E-state index in [4.69, 9.17) is 4.42 Å². The summed E-state index contributed by atoms with van der Waals surface area (Å²) in [5, 5.41) is 4.12. The number of hydrogen-bond donors (Lipinski definition) is 3. The second-order valence-electron chi connectivity index (χ2n) is 9.62. The van der Waals surface area contributed by atoms with Crippen LogP contribution in [0.1, 0.15) is 17.3 Å². The summed E-state index contributed by atoms with van der Waals surface area (Å²) in [5.74, 6) is -0.668. The van der Waals surface area contributed by atoms with E-state index in [1.165, 1.54) is 31.3 Å². The van der Waals surface area contributed by atoms with Gasteiger partial charge >= 0.3 is 0 Å². The predicted octanol–water partition coefficient (Wildman–Crippen LogP) is 7.18. The maximum Gasteiger partial charge on any atom is 0.255 e. The van der Waals surface area contributed by atoms with Gasteiger partial charge in [0.15, 0.2) is 0 Å². The molecule has 6 aromatic rings. The normalized spacial score (nSPS) is 11.7. The summed E-state index contributed by atoms with van der Waals surface area (Å²) in [6, 6.07) is 24.8. The largest absolute Gasteiger partial charge is 0.455 e. The van der Waals surface area contributed by atoms with Crippen molar-refractivity contribution in [1.82, 2.24) is 10.3 Å². The molecule has 1 amide bonds. The van der Waals surface area contributed by atoms with Crippen LogP contribution in [0.25, 0.3) is 55.4 Å². The standard InChI is InChI=1S/C32H26FN3O4S/c1-3-41(38,39)36-28-17-29-25(30(32(37)34-2)31(40-29)20-9-12-22(33)13-10-20)16-23(28)21-11-14-27-24(15-21)26(18-35-27)19-7-5-4-6-8-19/h4-18,35-36H,3H2,1-2H3,(H,34,37). The van der Waals surface area contributed by atoms with E-state index in [1.54, 1.807) is 19.1 Å². The fourth-order valence-corrected chi connectivity index (χ4v) is 5.65. The van der Waals surface area contributed by atoms with Crippen LogP contribution in [-0.2, 0) is 10.0 Å². The van der Waals surface area contributed by atoms with E-state index in [0.717, 1.165) is 27.6 Å². The topological polar surface area (TPSA) is 104 Å². The number of nitrogens with one attached hydrogen (secondary N) is 3. The molecule has 0 saturated heterocycles. The number of carbonyl (C=O) groups is 1. The zero-order valence-corrected chi connectivity index (χ0v) is 23.1. The molecule has 0 unspecified atom stereocenters. The van der Waals surface area contributed by atoms with Crippen molar-refractivity contribution in [2.24, 2.45) is 0 Å². The Labute approximate surface area is 236 Å². The third-order valence-corrected chi connectivity index (χ3v) is 8.40. The third kappa shape index (κ3) is 4.85. The Morgan fingerprint density at radius 1 is 0.878 bits per heavy atom. The summed E-state index contributed by atoms with van der Waals surface area (Å²) in [7, 11) is -2.14. The molecule has 41 heavy (non-hydrogen) atoms. The van der Waals surface area contributed by atoms with Gasteiger partial charge in [-0.05, 0) is 60.5 Å². The Morgan fingerprint density at radius 2 is 1.61 bits per heavy atom. The Bertz CT molecular complexity index is 2030. The Kier molecular flexibility index (Phi) is 6.59. The number of aromatic amines is 1. The minimum Gasteiger partial charge on any atom is -0.455 e. The van der Waals surface area contributed by atoms with Gasteiger partial charge in [-0.2, -0.15) is 0 Å². The first-order chi connectivity index (χ1) is 19.8. The number of sulfonamides is 1. The van der Waals surface area contributed by atoms with E-state index in [0.29, 0.717) is 27.8 Å². The van der Waals surface area contributed by atoms with E-state index in [9.17, 15) is 17.6 Å². The van der Waals surface area contributed by atoms with E-state index >= 15 is 0 Å². The molecule has 2 heterocycles. The summed E-state index contributed by atoms with van der Waals surface area (Å²) < 4.78 is 48.0. The van der Waals surface area contributed by atoms with E-state index < -0.39 is 15.8 Å². The lowest BCUT2D eigenvalue weighted by atomic mass is 9.96. The molecule has 0 aliphatic carbocycles. The molecule has 0 aliphatic rings. The average molecular weight is 568 g/mol. The lowest BCUT2D eigenvalue weighted by Crippen LogP contribution is -2.18. The molecule has 0 aliphatic heterocycles. The lowest BCUT2D eigenvalue weighted by Gasteiger charge is -2.13. The van der Waals surface area contributed by atoms with Crippen LogP contribution in [0.2, 0.25) is 0 Å². The van der Waals surface area contributed by atoms with Gasteiger partial charge in [0.1, 0.15) is 17.2 Å². The minimum absolute atomic E-state index is 0.123. The maximum absolute atomic E-state index is 13.7. The van der Waals surface area contributed by atoms with Crippen LogP contribution in [-0.4, -0.2) is 32.1 Å². The van der Waals surface area contributed by atoms with Crippen molar-refractivity contribution in [3.05, 3.63) is 103 Å². The molecule has 206 valence electrons. The highest BCUT2D eigenvalue weighted by Gasteiger charge is 2.24. The first-order valence-corrected chi connectivity index (χ1v) is 14.7. The Hall–Kier alpha value is -4.89. The highest BCUT2D eigenvalue weighted by atomic mass is 32.2. The maximum atomic E-state index is 13.7. The molecule has 9 heteroatoms. The summed E-state index contributed by atoms with van der Waals surface area (Å²) in [5.41, 5.74) is 5.72. The molecule has 0 bridgehead atoms. The second kappa shape index (κ2) is 10.3. The van der Waals surface area contributed by atoms with Crippen LogP contribution in [0.3, 0.4) is 0 Å². The van der Waals surface area contributed by atoms with Crippen LogP contribution < -0.4 is 10.0 Å². The van der Waals surface area contributed by atoms with E-state index in [1.807, 2.05) is 54.7 Å². The van der Waals surface area contributed by atoms with Crippen LogP contribution in [0.5, 0.6) is 0 Å². The monoisotopic (exact) mass is 567 g/mol. The fourth-order valence-electron chi connectivity index (χ4n) is 5.01. The number of amides is 1. The SMILES string of the molecule is CCS(=O)(=O)Nc1cc2oc(-c3ccc(F)cc3)c(C(=O)NC)c2cc1-c1ccc2[nH]cc(-c3ccccc3)c2c1. The van der Waals surface area contributed by atoms with Crippen molar-refractivity contribution in [3.63, 3.8) is 0 Å². The minimum atomic E-state index is -3.65. The second-order valence-corrected chi connectivity index (χ2v) is 11.6. The van der Waals surface area contributed by atoms with Crippen LogP contribution in [0, 0.1) is 5.82 Å². The molecule has 0 radical (unpaired) electrons. The number of hydrogen-bond acceptors (Lipinski definition) is 4. The molecule has 2 aromatic heterocycles. The van der Waals surface area contributed by atoms with Crippen molar-refractivity contribution in [2.75, 3.05) is 17.5 Å². The molecule has 7 nitrogen and oxygen atoms in total. The van der Waals surface area contributed by atoms with Crippen LogP contribution in [0.15, 0.2) is 95.5 Å². The van der Waals surface area contributed by atoms with Crippen molar-refractivity contribution in [2.45, 2.75) is 6.92 Å². The molecular weight excluding hydrogens is 541 g/mol. The predicted molar refractivity (Wildman–Crippen MR) is 161 cm³/mol.